The molecule has 5 heteroatoms. The molecule has 2 aromatic carbocycles. The number of hydrogen-bond donors (Lipinski definition) is 0. The highest BCUT2D eigenvalue weighted by molar-refractivity contribution is 8.00. The van der Waals surface area contributed by atoms with Crippen LogP contribution in [0.5, 0.6) is 0 Å². The Balaban J connectivity index is 1.19. The first kappa shape index (κ1) is 36.3. The molecule has 0 aliphatic heterocycles. The summed E-state index contributed by atoms with van der Waals surface area (Å²) in [5.74, 6) is 4.64. The molecule has 4 unspecified atom stereocenters. The Kier molecular flexibility index (Phi) is 10.3. The van der Waals surface area contributed by atoms with E-state index >= 15 is 0 Å². The zero-order valence-electron chi connectivity index (χ0n) is 31.5. The van der Waals surface area contributed by atoms with Crippen molar-refractivity contribution in [3.05, 3.63) is 76.4 Å². The Morgan fingerprint density at radius 1 is 0.898 bits per heavy atom. The number of carbonyl (C=O) groups excluding carboxylic acids is 2. The SMILES string of the molecule is Cc1cc(C)c(C(=O)P(=O)(C(=O)OC2CC[C@@]3(C)C(=CCC4C3CC[C@]3(C)[C@@H]([C@H](C)CCCC(C)C)CC[C@@H]43)C2)c2ccccc2)c(C)c1. The van der Waals surface area contributed by atoms with Gasteiger partial charge in [0.05, 0.1) is 0 Å². The number of fused-ring (bicyclic) bond motifs is 5. The van der Waals surface area contributed by atoms with Gasteiger partial charge in [-0.25, -0.2) is 4.79 Å². The van der Waals surface area contributed by atoms with Gasteiger partial charge in [0.1, 0.15) is 6.10 Å². The second-order valence-corrected chi connectivity index (χ2v) is 20.1. The van der Waals surface area contributed by atoms with Crippen molar-refractivity contribution in [1.29, 1.82) is 0 Å². The van der Waals surface area contributed by atoms with Crippen LogP contribution in [0.15, 0.2) is 54.1 Å². The van der Waals surface area contributed by atoms with Gasteiger partial charge < -0.3 is 4.74 Å². The fourth-order valence-electron chi connectivity index (χ4n) is 11.6. The minimum atomic E-state index is -4.25. The molecule has 266 valence electrons. The smallest absolute Gasteiger partial charge is 0.376 e. The van der Waals surface area contributed by atoms with Gasteiger partial charge in [0.25, 0.3) is 7.14 Å². The number of ether oxygens (including phenoxy) is 1. The molecule has 49 heavy (non-hydrogen) atoms. The Hall–Kier alpha value is -2.45. The highest BCUT2D eigenvalue weighted by atomic mass is 31.2. The van der Waals surface area contributed by atoms with Gasteiger partial charge >= 0.3 is 5.71 Å². The van der Waals surface area contributed by atoms with Gasteiger partial charge in [-0.15, -0.1) is 0 Å². The Labute approximate surface area is 296 Å². The number of aryl methyl sites for hydroxylation is 3. The quantitative estimate of drug-likeness (QED) is 0.185. The van der Waals surface area contributed by atoms with E-state index in [1.807, 2.05) is 39.0 Å². The van der Waals surface area contributed by atoms with E-state index in [-0.39, 0.29) is 16.8 Å². The van der Waals surface area contributed by atoms with E-state index in [1.165, 1.54) is 50.5 Å². The lowest BCUT2D eigenvalue weighted by molar-refractivity contribution is -0.0573. The minimum absolute atomic E-state index is 0.114. The molecule has 4 nitrogen and oxygen atoms in total. The van der Waals surface area contributed by atoms with Crippen LogP contribution in [0, 0.1) is 67.1 Å². The van der Waals surface area contributed by atoms with Crippen LogP contribution in [-0.2, 0) is 9.30 Å². The number of hydrogen-bond acceptors (Lipinski definition) is 4. The van der Waals surface area contributed by atoms with E-state index in [9.17, 15) is 14.2 Å². The second-order valence-electron chi connectivity index (χ2n) is 17.6. The third kappa shape index (κ3) is 6.47. The summed E-state index contributed by atoms with van der Waals surface area (Å²) in [6, 6.07) is 12.4. The van der Waals surface area contributed by atoms with Crippen LogP contribution < -0.4 is 5.30 Å². The maximum atomic E-state index is 14.9. The van der Waals surface area contributed by atoms with E-state index in [4.69, 9.17) is 4.74 Å². The molecule has 3 fully saturated rings. The molecule has 0 heterocycles. The lowest BCUT2D eigenvalue weighted by Gasteiger charge is -2.58. The zero-order chi connectivity index (χ0) is 35.3. The van der Waals surface area contributed by atoms with Crippen molar-refractivity contribution in [1.82, 2.24) is 0 Å². The molecule has 0 radical (unpaired) electrons. The van der Waals surface area contributed by atoms with Crippen molar-refractivity contribution >= 4 is 23.7 Å². The molecular formula is C44H61O4P. The van der Waals surface area contributed by atoms with Gasteiger partial charge in [0.15, 0.2) is 0 Å². The molecule has 6 rings (SSSR count). The Bertz CT molecular complexity index is 1620. The van der Waals surface area contributed by atoms with Crippen molar-refractivity contribution in [2.24, 2.45) is 46.3 Å². The van der Waals surface area contributed by atoms with Crippen LogP contribution in [0.2, 0.25) is 0 Å². The third-order valence-electron chi connectivity index (χ3n) is 14.1. The van der Waals surface area contributed by atoms with E-state index in [0.717, 1.165) is 65.5 Å². The van der Waals surface area contributed by atoms with Gasteiger partial charge in [0.2, 0.25) is 5.52 Å². The van der Waals surface area contributed by atoms with Gasteiger partial charge in [-0.3, -0.25) is 9.36 Å². The van der Waals surface area contributed by atoms with E-state index in [0.29, 0.717) is 23.3 Å². The summed E-state index contributed by atoms with van der Waals surface area (Å²) in [7, 11) is -4.25. The fourth-order valence-corrected chi connectivity index (χ4v) is 13.8. The van der Waals surface area contributed by atoms with Crippen molar-refractivity contribution in [3.8, 4) is 0 Å². The van der Waals surface area contributed by atoms with E-state index in [1.54, 1.807) is 24.3 Å². The molecule has 0 aromatic heterocycles. The van der Waals surface area contributed by atoms with Crippen LogP contribution in [0.25, 0.3) is 0 Å². The van der Waals surface area contributed by atoms with Crippen LogP contribution in [0.4, 0.5) is 4.79 Å². The standard InChI is InChI=1S/C44H61O4P/c1-28(2)13-12-14-30(4)37-19-20-38-36-18-17-33-27-34(21-23-43(33,7)39(36)22-24-44(37,38)8)48-42(46)49(47,35-15-10-9-11-16-35)41(45)40-31(5)25-29(3)26-32(40)6/h9-11,15-17,25-26,28,30,34,36-39H,12-14,18-24,27H2,1-8H3/t30-,34?,36?,37-,38+,39?,43+,44-,49?/m1/s1. The molecule has 0 saturated heterocycles. The summed E-state index contributed by atoms with van der Waals surface area (Å²) < 4.78 is 21.1. The van der Waals surface area contributed by atoms with Crippen molar-refractivity contribution in [2.45, 2.75) is 132 Å². The summed E-state index contributed by atoms with van der Waals surface area (Å²) in [5.41, 5.74) is 3.37. The number of allylic oxidation sites excluding steroid dienone is 1. The van der Waals surface area contributed by atoms with Crippen LogP contribution in [0.3, 0.4) is 0 Å². The first-order valence-corrected chi connectivity index (χ1v) is 21.1. The van der Waals surface area contributed by atoms with Crippen LogP contribution in [0.1, 0.15) is 132 Å². The first-order chi connectivity index (χ1) is 23.2. The molecule has 0 amide bonds. The third-order valence-corrected chi connectivity index (χ3v) is 16.5. The predicted molar refractivity (Wildman–Crippen MR) is 202 cm³/mol. The molecular weight excluding hydrogens is 623 g/mol. The van der Waals surface area contributed by atoms with Crippen LogP contribution >= 0.6 is 7.14 Å². The van der Waals surface area contributed by atoms with Crippen molar-refractivity contribution < 1.29 is 18.9 Å². The summed E-state index contributed by atoms with van der Waals surface area (Å²) in [6.07, 6.45) is 15.1. The number of benzene rings is 2. The largest absolute Gasteiger partial charge is 0.456 e. The van der Waals surface area contributed by atoms with Gasteiger partial charge in [0, 0.05) is 17.3 Å². The molecule has 0 spiro atoms. The molecule has 0 N–H and O–H groups in total. The molecule has 4 aliphatic carbocycles. The lowest BCUT2D eigenvalue weighted by Crippen LogP contribution is -2.51. The number of rotatable bonds is 10. The minimum Gasteiger partial charge on any atom is -0.456 e. The predicted octanol–water partition coefficient (Wildman–Crippen LogP) is 12.0. The summed E-state index contributed by atoms with van der Waals surface area (Å²) in [5, 5.41) is 0.249. The van der Waals surface area contributed by atoms with E-state index in [2.05, 4.69) is 40.7 Å². The fraction of sp³-hybridized carbons (Fsp3) is 0.636. The average Bonchev–Trinajstić information content (AvgIpc) is 3.41. The molecule has 3 saturated carbocycles. The monoisotopic (exact) mass is 684 g/mol. The summed E-state index contributed by atoms with van der Waals surface area (Å²) >= 11 is 0. The zero-order valence-corrected chi connectivity index (χ0v) is 32.4. The van der Waals surface area contributed by atoms with Crippen LogP contribution in [-0.4, -0.2) is 17.3 Å². The van der Waals surface area contributed by atoms with Gasteiger partial charge in [-0.05, 0) is 123 Å². The molecule has 2 aromatic rings. The first-order valence-electron chi connectivity index (χ1n) is 19.4. The molecule has 9 atom stereocenters. The summed E-state index contributed by atoms with van der Waals surface area (Å²) in [4.78, 5) is 28.4. The lowest BCUT2D eigenvalue weighted by atomic mass is 9.47. The van der Waals surface area contributed by atoms with E-state index < -0.39 is 18.4 Å². The molecule has 4 aliphatic rings. The number of carbonyl (C=O) groups is 2. The maximum absolute atomic E-state index is 14.9. The average molecular weight is 685 g/mol. The van der Waals surface area contributed by atoms with Gasteiger partial charge in [-0.2, -0.15) is 0 Å². The molecule has 0 bridgehead atoms. The normalized spacial score (nSPS) is 32.7. The highest BCUT2D eigenvalue weighted by Crippen LogP contribution is 2.67. The highest BCUT2D eigenvalue weighted by Gasteiger charge is 2.59. The summed E-state index contributed by atoms with van der Waals surface area (Å²) in [6.45, 7) is 18.1. The van der Waals surface area contributed by atoms with Gasteiger partial charge in [-0.1, -0.05) is 114 Å². The Morgan fingerprint density at radius 2 is 1.59 bits per heavy atom. The second kappa shape index (κ2) is 13.9. The maximum Gasteiger partial charge on any atom is 0.376 e. The topological polar surface area (TPSA) is 60.4 Å². The Morgan fingerprint density at radius 3 is 2.27 bits per heavy atom. The van der Waals surface area contributed by atoms with Crippen molar-refractivity contribution in [2.75, 3.05) is 0 Å². The van der Waals surface area contributed by atoms with Crippen molar-refractivity contribution in [3.63, 3.8) is 0 Å².